The van der Waals surface area contributed by atoms with Gasteiger partial charge in [0.1, 0.15) is 5.82 Å². The molecule has 0 radical (unpaired) electrons. The van der Waals surface area contributed by atoms with E-state index in [1.807, 2.05) is 60.7 Å². The number of hydrogen-bond acceptors (Lipinski definition) is 3. The third kappa shape index (κ3) is 2.75. The molecule has 3 aromatic carbocycles. The fourth-order valence-electron chi connectivity index (χ4n) is 4.18. The van der Waals surface area contributed by atoms with Crippen molar-refractivity contribution in [3.05, 3.63) is 94.6 Å². The molecule has 0 spiro atoms. The Kier molecular flexibility index (Phi) is 3.91. The van der Waals surface area contributed by atoms with E-state index in [0.717, 1.165) is 43.9 Å². The second-order valence-corrected chi connectivity index (χ2v) is 7.79. The highest BCUT2D eigenvalue weighted by atomic mass is 35.5. The molecule has 5 nitrogen and oxygen atoms in total. The first-order valence-electron chi connectivity index (χ1n) is 9.83. The van der Waals surface area contributed by atoms with Crippen molar-refractivity contribution in [1.29, 1.82) is 0 Å². The Balaban J connectivity index is 1.75. The standard InChI is InChI=1S/C25H15ClN4O/c26-20-4-2-1-3-17(20)24-29-22-16-6-5-15(14-7-10-27-11-8-14)13-19(16)21-18(23(22)30-24)9-12-28-25(21)31/h1-13H,(H,28,31)(H,29,30). The molecule has 0 aliphatic rings. The molecule has 6 aromatic rings. The smallest absolute Gasteiger partial charge is 0.256 e. The number of benzene rings is 3. The molecule has 6 rings (SSSR count). The van der Waals surface area contributed by atoms with E-state index in [1.54, 1.807) is 18.6 Å². The van der Waals surface area contributed by atoms with Gasteiger partial charge in [-0.25, -0.2) is 4.98 Å². The van der Waals surface area contributed by atoms with E-state index >= 15 is 0 Å². The summed E-state index contributed by atoms with van der Waals surface area (Å²) in [5.41, 5.74) is 4.37. The zero-order valence-electron chi connectivity index (χ0n) is 16.2. The van der Waals surface area contributed by atoms with Crippen molar-refractivity contribution in [2.24, 2.45) is 0 Å². The Morgan fingerprint density at radius 2 is 1.68 bits per heavy atom. The minimum Gasteiger partial charge on any atom is -0.337 e. The monoisotopic (exact) mass is 422 g/mol. The number of imidazole rings is 1. The molecular formula is C25H15ClN4O. The third-order valence-corrected chi connectivity index (χ3v) is 5.95. The van der Waals surface area contributed by atoms with Crippen LogP contribution in [-0.2, 0) is 0 Å². The van der Waals surface area contributed by atoms with Gasteiger partial charge in [-0.15, -0.1) is 0 Å². The highest BCUT2D eigenvalue weighted by Gasteiger charge is 2.17. The van der Waals surface area contributed by atoms with Crippen molar-refractivity contribution in [3.63, 3.8) is 0 Å². The lowest BCUT2D eigenvalue weighted by Gasteiger charge is -2.08. The van der Waals surface area contributed by atoms with Crippen molar-refractivity contribution < 1.29 is 0 Å². The first kappa shape index (κ1) is 17.9. The molecule has 31 heavy (non-hydrogen) atoms. The first-order valence-corrected chi connectivity index (χ1v) is 10.2. The van der Waals surface area contributed by atoms with Gasteiger partial charge in [0.2, 0.25) is 0 Å². The molecule has 3 aromatic heterocycles. The molecule has 0 unspecified atom stereocenters. The molecule has 0 amide bonds. The van der Waals surface area contributed by atoms with Crippen molar-refractivity contribution in [2.45, 2.75) is 0 Å². The molecule has 0 aliphatic heterocycles. The van der Waals surface area contributed by atoms with E-state index in [9.17, 15) is 4.79 Å². The van der Waals surface area contributed by atoms with Crippen LogP contribution in [0, 0.1) is 0 Å². The molecule has 3 heterocycles. The van der Waals surface area contributed by atoms with Crippen LogP contribution in [0.15, 0.2) is 84.0 Å². The van der Waals surface area contributed by atoms with Crippen LogP contribution < -0.4 is 5.56 Å². The fourth-order valence-corrected chi connectivity index (χ4v) is 4.40. The van der Waals surface area contributed by atoms with E-state index in [4.69, 9.17) is 16.6 Å². The summed E-state index contributed by atoms with van der Waals surface area (Å²) in [5.74, 6) is 0.674. The summed E-state index contributed by atoms with van der Waals surface area (Å²) < 4.78 is 0. The first-order chi connectivity index (χ1) is 15.2. The predicted octanol–water partition coefficient (Wildman–Crippen LogP) is 5.94. The number of rotatable bonds is 2. The summed E-state index contributed by atoms with van der Waals surface area (Å²) in [6.07, 6.45) is 5.19. The molecule has 0 saturated carbocycles. The molecule has 0 bridgehead atoms. The van der Waals surface area contributed by atoms with Crippen LogP contribution in [0.1, 0.15) is 0 Å². The second-order valence-electron chi connectivity index (χ2n) is 7.38. The number of hydrogen-bond donors (Lipinski definition) is 2. The van der Waals surface area contributed by atoms with Crippen LogP contribution in [0.5, 0.6) is 0 Å². The highest BCUT2D eigenvalue weighted by molar-refractivity contribution is 6.33. The number of halogens is 1. The van der Waals surface area contributed by atoms with Crippen LogP contribution in [0.25, 0.3) is 55.1 Å². The van der Waals surface area contributed by atoms with Crippen LogP contribution in [0.4, 0.5) is 0 Å². The van der Waals surface area contributed by atoms with Crippen LogP contribution in [0.2, 0.25) is 5.02 Å². The zero-order valence-corrected chi connectivity index (χ0v) is 16.9. The lowest BCUT2D eigenvalue weighted by atomic mass is 9.97. The average Bonchev–Trinajstić information content (AvgIpc) is 3.25. The SMILES string of the molecule is O=c1[nH]ccc2c3[nH]c(-c4ccccc4Cl)nc3c3ccc(-c4ccncc4)cc3c12. The van der Waals surface area contributed by atoms with Crippen LogP contribution in [0.3, 0.4) is 0 Å². The maximum absolute atomic E-state index is 12.9. The summed E-state index contributed by atoms with van der Waals surface area (Å²) in [6.45, 7) is 0. The van der Waals surface area contributed by atoms with Gasteiger partial charge in [-0.3, -0.25) is 9.78 Å². The fraction of sp³-hybridized carbons (Fsp3) is 0. The van der Waals surface area contributed by atoms with Gasteiger partial charge in [-0.05, 0) is 52.9 Å². The van der Waals surface area contributed by atoms with Crippen molar-refractivity contribution in [2.75, 3.05) is 0 Å². The summed E-state index contributed by atoms with van der Waals surface area (Å²) in [5, 5.41) is 3.84. The van der Waals surface area contributed by atoms with Gasteiger partial charge in [0.05, 0.1) is 21.4 Å². The minimum atomic E-state index is -0.134. The third-order valence-electron chi connectivity index (χ3n) is 5.62. The number of nitrogens with one attached hydrogen (secondary N) is 2. The summed E-state index contributed by atoms with van der Waals surface area (Å²) in [6, 6.07) is 19.5. The van der Waals surface area contributed by atoms with Gasteiger partial charge in [-0.2, -0.15) is 0 Å². The topological polar surface area (TPSA) is 74.4 Å². The van der Waals surface area contributed by atoms with Crippen LogP contribution >= 0.6 is 11.6 Å². The Bertz CT molecular complexity index is 1670. The molecular weight excluding hydrogens is 408 g/mol. The summed E-state index contributed by atoms with van der Waals surface area (Å²) in [4.78, 5) is 28.1. The maximum atomic E-state index is 12.9. The summed E-state index contributed by atoms with van der Waals surface area (Å²) >= 11 is 6.42. The Morgan fingerprint density at radius 1 is 0.839 bits per heavy atom. The van der Waals surface area contributed by atoms with Crippen molar-refractivity contribution >= 4 is 44.2 Å². The van der Waals surface area contributed by atoms with E-state index in [1.165, 1.54) is 0 Å². The van der Waals surface area contributed by atoms with E-state index in [2.05, 4.69) is 15.0 Å². The predicted molar refractivity (Wildman–Crippen MR) is 125 cm³/mol. The van der Waals surface area contributed by atoms with E-state index in [-0.39, 0.29) is 5.56 Å². The average molecular weight is 423 g/mol. The highest BCUT2D eigenvalue weighted by Crippen LogP contribution is 2.36. The minimum absolute atomic E-state index is 0.134. The number of aromatic nitrogens is 4. The van der Waals surface area contributed by atoms with Crippen molar-refractivity contribution in [3.8, 4) is 22.5 Å². The van der Waals surface area contributed by atoms with Gasteiger partial charge in [-0.1, -0.05) is 35.9 Å². The molecule has 0 saturated heterocycles. The lowest BCUT2D eigenvalue weighted by Crippen LogP contribution is -2.05. The molecule has 0 aliphatic carbocycles. The normalized spacial score (nSPS) is 11.5. The number of fused-ring (bicyclic) bond motifs is 6. The molecule has 0 fully saturated rings. The number of aromatic amines is 2. The Hall–Kier alpha value is -3.96. The van der Waals surface area contributed by atoms with Crippen LogP contribution in [-0.4, -0.2) is 19.9 Å². The van der Waals surface area contributed by atoms with Gasteiger partial charge < -0.3 is 9.97 Å². The second kappa shape index (κ2) is 6.79. The molecule has 6 heteroatoms. The van der Waals surface area contributed by atoms with E-state index in [0.29, 0.717) is 16.2 Å². The van der Waals surface area contributed by atoms with Gasteiger partial charge >= 0.3 is 0 Å². The van der Waals surface area contributed by atoms with Gasteiger partial charge in [0.25, 0.3) is 5.56 Å². The summed E-state index contributed by atoms with van der Waals surface area (Å²) in [7, 11) is 0. The Morgan fingerprint density at radius 3 is 2.52 bits per heavy atom. The quantitative estimate of drug-likeness (QED) is 0.339. The van der Waals surface area contributed by atoms with E-state index < -0.39 is 0 Å². The molecule has 0 atom stereocenters. The lowest BCUT2D eigenvalue weighted by molar-refractivity contribution is 1.28. The molecule has 2 N–H and O–H groups in total. The Labute approximate surface area is 181 Å². The maximum Gasteiger partial charge on any atom is 0.256 e. The van der Waals surface area contributed by atoms with Gasteiger partial charge in [0, 0.05) is 34.9 Å². The number of nitrogens with zero attached hydrogens (tertiary/aromatic N) is 2. The number of H-pyrrole nitrogens is 2. The van der Waals surface area contributed by atoms with Gasteiger partial charge in [0.15, 0.2) is 0 Å². The zero-order chi connectivity index (χ0) is 20.9. The molecule has 148 valence electrons. The largest absolute Gasteiger partial charge is 0.337 e. The van der Waals surface area contributed by atoms with Crippen molar-refractivity contribution in [1.82, 2.24) is 19.9 Å². The number of pyridine rings is 2.